The second-order valence-corrected chi connectivity index (χ2v) is 7.50. The van der Waals surface area contributed by atoms with E-state index in [1.807, 2.05) is 49.4 Å². The summed E-state index contributed by atoms with van der Waals surface area (Å²) >= 11 is 6.26. The van der Waals surface area contributed by atoms with Crippen LogP contribution in [0.2, 0.25) is 5.02 Å². The zero-order chi connectivity index (χ0) is 19.1. The lowest BCUT2D eigenvalue weighted by atomic mass is 10.1. The number of aryl methyl sites for hydroxylation is 1. The number of halogens is 1. The van der Waals surface area contributed by atoms with Gasteiger partial charge < -0.3 is 9.80 Å². The highest BCUT2D eigenvalue weighted by Gasteiger charge is 2.25. The quantitative estimate of drug-likeness (QED) is 0.478. The Labute approximate surface area is 165 Å². The Kier molecular flexibility index (Phi) is 6.98. The molecule has 0 spiro atoms. The van der Waals surface area contributed by atoms with Gasteiger partial charge in [-0.25, -0.2) is 5.43 Å². The van der Waals surface area contributed by atoms with Crippen molar-refractivity contribution >= 4 is 23.7 Å². The number of carbonyl (C=O) groups excluding carboxylic acids is 1. The maximum absolute atomic E-state index is 12.1. The number of piperazine rings is 1. The maximum atomic E-state index is 12.1. The molecule has 0 unspecified atom stereocenters. The summed E-state index contributed by atoms with van der Waals surface area (Å²) in [5.74, 6) is -0.0376. The molecule has 2 aromatic carbocycles. The van der Waals surface area contributed by atoms with E-state index in [9.17, 15) is 4.79 Å². The standard InChI is InChI=1S/C21H25ClN4O/c1-17-6-2-3-7-18(17)14-23-24-21(27)16-26-12-10-25(11-13-26)15-19-8-4-5-9-20(19)22/h2-9,14H,10-13,15-16H2,1H3,(H,24,27)/p+2. The van der Waals surface area contributed by atoms with Crippen LogP contribution in [0.15, 0.2) is 53.6 Å². The lowest BCUT2D eigenvalue weighted by Gasteiger charge is -2.29. The highest BCUT2D eigenvalue weighted by atomic mass is 35.5. The van der Waals surface area contributed by atoms with E-state index in [1.165, 1.54) is 15.4 Å². The maximum Gasteiger partial charge on any atom is 0.295 e. The molecule has 5 nitrogen and oxygen atoms in total. The fraction of sp³-hybridized carbons (Fsp3) is 0.333. The Bertz CT molecular complexity index is 800. The number of rotatable bonds is 6. The fourth-order valence-electron chi connectivity index (χ4n) is 3.39. The van der Waals surface area contributed by atoms with Crippen molar-refractivity contribution in [2.45, 2.75) is 13.5 Å². The van der Waals surface area contributed by atoms with Gasteiger partial charge in [0.25, 0.3) is 5.91 Å². The second kappa shape index (κ2) is 9.65. The molecule has 0 bridgehead atoms. The lowest BCUT2D eigenvalue weighted by Crippen LogP contribution is -3.28. The molecule has 0 saturated carbocycles. The minimum absolute atomic E-state index is 0.0376. The average Bonchev–Trinajstić information content (AvgIpc) is 2.67. The molecule has 1 aliphatic heterocycles. The number of hydrogen-bond donors (Lipinski definition) is 3. The van der Waals surface area contributed by atoms with Crippen LogP contribution in [-0.2, 0) is 11.3 Å². The first-order chi connectivity index (χ1) is 13.1. The van der Waals surface area contributed by atoms with Crippen molar-refractivity contribution in [1.82, 2.24) is 5.43 Å². The summed E-state index contributed by atoms with van der Waals surface area (Å²) in [5.41, 5.74) is 6.00. The Morgan fingerprint density at radius 1 is 1.07 bits per heavy atom. The Hall–Kier alpha value is -2.21. The van der Waals surface area contributed by atoms with E-state index in [4.69, 9.17) is 11.6 Å². The Balaban J connectivity index is 1.40. The number of benzene rings is 2. The van der Waals surface area contributed by atoms with E-state index in [0.29, 0.717) is 6.54 Å². The van der Waals surface area contributed by atoms with Crippen LogP contribution >= 0.6 is 11.6 Å². The van der Waals surface area contributed by atoms with Gasteiger partial charge in [0.1, 0.15) is 32.7 Å². The molecule has 2 aromatic rings. The minimum Gasteiger partial charge on any atom is -0.322 e. The van der Waals surface area contributed by atoms with Crippen LogP contribution in [-0.4, -0.2) is 44.8 Å². The number of hydrazone groups is 1. The number of carbonyl (C=O) groups is 1. The number of nitrogens with one attached hydrogen (secondary N) is 3. The Morgan fingerprint density at radius 2 is 1.74 bits per heavy atom. The average molecular weight is 387 g/mol. The first kappa shape index (κ1) is 19.5. The molecule has 1 saturated heterocycles. The summed E-state index contributed by atoms with van der Waals surface area (Å²) in [4.78, 5) is 15.0. The van der Waals surface area contributed by atoms with E-state index in [0.717, 1.165) is 48.9 Å². The van der Waals surface area contributed by atoms with E-state index in [1.54, 1.807) is 6.21 Å². The summed E-state index contributed by atoms with van der Waals surface area (Å²) in [7, 11) is 0. The van der Waals surface area contributed by atoms with Crippen LogP contribution in [0.25, 0.3) is 0 Å². The molecular weight excluding hydrogens is 360 g/mol. The summed E-state index contributed by atoms with van der Waals surface area (Å²) < 4.78 is 0. The number of nitrogens with zero attached hydrogens (tertiary/aromatic N) is 1. The molecule has 142 valence electrons. The zero-order valence-corrected chi connectivity index (χ0v) is 16.4. The number of quaternary nitrogens is 2. The van der Waals surface area contributed by atoms with Gasteiger partial charge in [-0.05, 0) is 24.1 Å². The van der Waals surface area contributed by atoms with Gasteiger partial charge in [0.05, 0.1) is 6.21 Å². The predicted octanol–water partition coefficient (Wildman–Crippen LogP) is 0.0821. The van der Waals surface area contributed by atoms with E-state index >= 15 is 0 Å². The first-order valence-electron chi connectivity index (χ1n) is 9.40. The van der Waals surface area contributed by atoms with Crippen molar-refractivity contribution in [3.63, 3.8) is 0 Å². The molecule has 27 heavy (non-hydrogen) atoms. The molecule has 0 aliphatic carbocycles. The largest absolute Gasteiger partial charge is 0.322 e. The molecule has 6 heteroatoms. The van der Waals surface area contributed by atoms with Gasteiger partial charge in [0, 0.05) is 10.6 Å². The molecule has 1 aliphatic rings. The van der Waals surface area contributed by atoms with Crippen molar-refractivity contribution in [2.75, 3.05) is 32.7 Å². The summed E-state index contributed by atoms with van der Waals surface area (Å²) in [6.07, 6.45) is 1.70. The van der Waals surface area contributed by atoms with Gasteiger partial charge in [0.2, 0.25) is 0 Å². The van der Waals surface area contributed by atoms with Gasteiger partial charge >= 0.3 is 0 Å². The number of hydrogen-bond acceptors (Lipinski definition) is 2. The van der Waals surface area contributed by atoms with Crippen LogP contribution < -0.4 is 15.2 Å². The van der Waals surface area contributed by atoms with Gasteiger partial charge in [-0.3, -0.25) is 4.79 Å². The van der Waals surface area contributed by atoms with Crippen LogP contribution in [0, 0.1) is 6.92 Å². The van der Waals surface area contributed by atoms with Crippen molar-refractivity contribution in [3.8, 4) is 0 Å². The van der Waals surface area contributed by atoms with Crippen LogP contribution in [0.5, 0.6) is 0 Å². The SMILES string of the molecule is Cc1ccccc1C=NNC(=O)C[NH+]1CC[NH+](Cc2ccccc2Cl)CC1. The second-order valence-electron chi connectivity index (χ2n) is 7.09. The Morgan fingerprint density at radius 3 is 2.48 bits per heavy atom. The first-order valence-corrected chi connectivity index (χ1v) is 9.77. The third kappa shape index (κ3) is 5.89. The highest BCUT2D eigenvalue weighted by molar-refractivity contribution is 6.31. The van der Waals surface area contributed by atoms with Crippen LogP contribution in [0.3, 0.4) is 0 Å². The molecule has 3 N–H and O–H groups in total. The van der Waals surface area contributed by atoms with Gasteiger partial charge in [0.15, 0.2) is 6.54 Å². The fourth-order valence-corrected chi connectivity index (χ4v) is 3.60. The summed E-state index contributed by atoms with van der Waals surface area (Å²) in [5, 5.41) is 4.93. The van der Waals surface area contributed by atoms with E-state index in [-0.39, 0.29) is 5.91 Å². The van der Waals surface area contributed by atoms with Crippen molar-refractivity contribution < 1.29 is 14.6 Å². The molecule has 1 amide bonds. The van der Waals surface area contributed by atoms with Crippen molar-refractivity contribution in [3.05, 3.63) is 70.2 Å². The molecule has 0 aromatic heterocycles. The minimum atomic E-state index is -0.0376. The molecule has 1 heterocycles. The molecular formula is C21H27ClN4O+2. The third-order valence-corrected chi connectivity index (χ3v) is 5.42. The van der Waals surface area contributed by atoms with Crippen LogP contribution in [0.1, 0.15) is 16.7 Å². The summed E-state index contributed by atoms with van der Waals surface area (Å²) in [6.45, 7) is 7.48. The van der Waals surface area contributed by atoms with E-state index in [2.05, 4.69) is 16.6 Å². The molecule has 1 fully saturated rings. The monoisotopic (exact) mass is 386 g/mol. The lowest BCUT2D eigenvalue weighted by molar-refractivity contribution is -1.02. The van der Waals surface area contributed by atoms with Gasteiger partial charge in [-0.2, -0.15) is 5.10 Å². The third-order valence-electron chi connectivity index (χ3n) is 5.05. The van der Waals surface area contributed by atoms with E-state index < -0.39 is 0 Å². The normalized spacial score (nSPS) is 19.9. The highest BCUT2D eigenvalue weighted by Crippen LogP contribution is 2.13. The number of amides is 1. The molecule has 0 atom stereocenters. The van der Waals surface area contributed by atoms with Gasteiger partial charge in [-0.15, -0.1) is 0 Å². The smallest absolute Gasteiger partial charge is 0.295 e. The van der Waals surface area contributed by atoms with Crippen molar-refractivity contribution in [1.29, 1.82) is 0 Å². The molecule has 3 rings (SSSR count). The molecule has 0 radical (unpaired) electrons. The van der Waals surface area contributed by atoms with Crippen LogP contribution in [0.4, 0.5) is 0 Å². The summed E-state index contributed by atoms with van der Waals surface area (Å²) in [6, 6.07) is 16.0. The van der Waals surface area contributed by atoms with Gasteiger partial charge in [-0.1, -0.05) is 54.1 Å². The predicted molar refractivity (Wildman–Crippen MR) is 108 cm³/mol. The van der Waals surface area contributed by atoms with Crippen molar-refractivity contribution in [2.24, 2.45) is 5.10 Å². The zero-order valence-electron chi connectivity index (χ0n) is 15.7. The topological polar surface area (TPSA) is 50.3 Å².